The van der Waals surface area contributed by atoms with Crippen LogP contribution in [0.25, 0.3) is 0 Å². The molecular weight excluding hydrogens is 232 g/mol. The first-order chi connectivity index (χ1) is 7.49. The molecule has 3 N–H and O–H groups in total. The molecule has 1 atom stereocenters. The summed E-state index contributed by atoms with van der Waals surface area (Å²) in [5.74, 6) is -1.09. The van der Waals surface area contributed by atoms with Gasteiger partial charge < -0.3 is 15.7 Å². The summed E-state index contributed by atoms with van der Waals surface area (Å²) < 4.78 is 0. The number of rotatable bonds is 3. The third-order valence-corrected chi connectivity index (χ3v) is 2.07. The number of halogens is 1. The fourth-order valence-corrected chi connectivity index (χ4v) is 1.08. The molecule has 0 fully saturated rings. The van der Waals surface area contributed by atoms with Gasteiger partial charge in [0, 0.05) is 10.7 Å². The predicted molar refractivity (Wildman–Crippen MR) is 60.7 cm³/mol. The van der Waals surface area contributed by atoms with E-state index in [1.54, 1.807) is 24.3 Å². The first-order valence-corrected chi connectivity index (χ1v) is 4.92. The van der Waals surface area contributed by atoms with Gasteiger partial charge in [-0.15, -0.1) is 0 Å². The zero-order valence-electron chi connectivity index (χ0n) is 8.53. The minimum atomic E-state index is -1.09. The number of urea groups is 1. The van der Waals surface area contributed by atoms with Crippen LogP contribution in [0.3, 0.4) is 0 Å². The highest BCUT2D eigenvalue weighted by Gasteiger charge is 2.13. The maximum atomic E-state index is 11.3. The van der Waals surface area contributed by atoms with Crippen molar-refractivity contribution in [1.29, 1.82) is 0 Å². The van der Waals surface area contributed by atoms with E-state index in [4.69, 9.17) is 16.7 Å². The lowest BCUT2D eigenvalue weighted by atomic mass is 10.3. The molecule has 0 saturated carbocycles. The monoisotopic (exact) mass is 242 g/mol. The normalized spacial score (nSPS) is 11.6. The summed E-state index contributed by atoms with van der Waals surface area (Å²) >= 11 is 5.67. The number of nitrogens with one attached hydrogen (secondary N) is 2. The van der Waals surface area contributed by atoms with Crippen molar-refractivity contribution in [3.8, 4) is 0 Å². The number of hydrogen-bond donors (Lipinski definition) is 3. The van der Waals surface area contributed by atoms with Crippen LogP contribution in [0.1, 0.15) is 6.92 Å². The van der Waals surface area contributed by atoms with Crippen molar-refractivity contribution in [2.24, 2.45) is 0 Å². The molecule has 1 rings (SSSR count). The molecule has 0 bridgehead atoms. The lowest BCUT2D eigenvalue weighted by molar-refractivity contribution is -0.138. The number of anilines is 1. The van der Waals surface area contributed by atoms with Gasteiger partial charge in [0.2, 0.25) is 0 Å². The van der Waals surface area contributed by atoms with Crippen LogP contribution in [0.15, 0.2) is 24.3 Å². The lowest BCUT2D eigenvalue weighted by Gasteiger charge is -2.10. The molecule has 5 nitrogen and oxygen atoms in total. The maximum absolute atomic E-state index is 11.3. The molecule has 0 radical (unpaired) electrons. The van der Waals surface area contributed by atoms with Crippen LogP contribution in [0.5, 0.6) is 0 Å². The number of carbonyl (C=O) groups excluding carboxylic acids is 1. The quantitative estimate of drug-likeness (QED) is 0.758. The van der Waals surface area contributed by atoms with Gasteiger partial charge >= 0.3 is 12.0 Å². The van der Waals surface area contributed by atoms with Crippen LogP contribution >= 0.6 is 11.6 Å². The number of carboxylic acids is 1. The van der Waals surface area contributed by atoms with Crippen LogP contribution in [0, 0.1) is 0 Å². The Morgan fingerprint density at radius 1 is 1.31 bits per heavy atom. The second kappa shape index (κ2) is 5.37. The molecule has 0 aliphatic heterocycles. The molecule has 0 saturated heterocycles. The van der Waals surface area contributed by atoms with E-state index in [0.29, 0.717) is 10.7 Å². The number of hydrogen-bond acceptors (Lipinski definition) is 2. The smallest absolute Gasteiger partial charge is 0.325 e. The van der Waals surface area contributed by atoms with Gasteiger partial charge in [-0.05, 0) is 31.2 Å². The highest BCUT2D eigenvalue weighted by molar-refractivity contribution is 6.30. The van der Waals surface area contributed by atoms with Crippen molar-refractivity contribution in [3.05, 3.63) is 29.3 Å². The number of aliphatic carboxylic acids is 1. The summed E-state index contributed by atoms with van der Waals surface area (Å²) in [6, 6.07) is 4.97. The summed E-state index contributed by atoms with van der Waals surface area (Å²) in [7, 11) is 0. The van der Waals surface area contributed by atoms with Crippen LogP contribution in [-0.2, 0) is 4.79 Å². The fourth-order valence-electron chi connectivity index (χ4n) is 0.959. The van der Waals surface area contributed by atoms with E-state index < -0.39 is 18.0 Å². The molecule has 16 heavy (non-hydrogen) atoms. The Labute approximate surface area is 97.4 Å². The molecule has 0 unspecified atom stereocenters. The van der Waals surface area contributed by atoms with E-state index in [-0.39, 0.29) is 0 Å². The van der Waals surface area contributed by atoms with Gasteiger partial charge in [-0.3, -0.25) is 4.79 Å². The molecule has 1 aromatic carbocycles. The van der Waals surface area contributed by atoms with Crippen molar-refractivity contribution in [3.63, 3.8) is 0 Å². The Hall–Kier alpha value is -1.75. The Morgan fingerprint density at radius 2 is 1.88 bits per heavy atom. The average Bonchev–Trinajstić information content (AvgIpc) is 2.21. The Kier molecular flexibility index (Phi) is 4.13. The largest absolute Gasteiger partial charge is 0.480 e. The maximum Gasteiger partial charge on any atom is 0.325 e. The third kappa shape index (κ3) is 3.78. The van der Waals surface area contributed by atoms with Crippen LogP contribution < -0.4 is 10.6 Å². The van der Waals surface area contributed by atoms with E-state index in [2.05, 4.69) is 10.6 Å². The van der Waals surface area contributed by atoms with E-state index in [9.17, 15) is 9.59 Å². The van der Waals surface area contributed by atoms with Gasteiger partial charge in [0.15, 0.2) is 0 Å². The summed E-state index contributed by atoms with van der Waals surface area (Å²) in [6.45, 7) is 1.38. The average molecular weight is 243 g/mol. The van der Waals surface area contributed by atoms with E-state index in [1.807, 2.05) is 0 Å². The van der Waals surface area contributed by atoms with Crippen molar-refractivity contribution in [2.75, 3.05) is 5.32 Å². The highest BCUT2D eigenvalue weighted by Crippen LogP contribution is 2.12. The van der Waals surface area contributed by atoms with Gasteiger partial charge in [-0.25, -0.2) is 4.79 Å². The molecule has 0 spiro atoms. The minimum Gasteiger partial charge on any atom is -0.480 e. The van der Waals surface area contributed by atoms with Gasteiger partial charge in [-0.1, -0.05) is 11.6 Å². The Morgan fingerprint density at radius 3 is 2.38 bits per heavy atom. The van der Waals surface area contributed by atoms with Crippen molar-refractivity contribution >= 4 is 29.3 Å². The zero-order chi connectivity index (χ0) is 12.1. The number of benzene rings is 1. The summed E-state index contributed by atoms with van der Waals surface area (Å²) in [5, 5.41) is 13.9. The SMILES string of the molecule is C[C@H](NC(=O)Nc1ccc(Cl)cc1)C(=O)O. The van der Waals surface area contributed by atoms with Crippen molar-refractivity contribution in [2.45, 2.75) is 13.0 Å². The standard InChI is InChI=1S/C10H11ClN2O3/c1-6(9(14)15)12-10(16)13-8-4-2-7(11)3-5-8/h2-6H,1H3,(H,14,15)(H2,12,13,16)/t6-/m0/s1. The zero-order valence-corrected chi connectivity index (χ0v) is 9.28. The fraction of sp³-hybridized carbons (Fsp3) is 0.200. The third-order valence-electron chi connectivity index (χ3n) is 1.82. The second-order valence-electron chi connectivity index (χ2n) is 3.17. The number of carboxylic acid groups (broad SMARTS) is 1. The topological polar surface area (TPSA) is 78.4 Å². The molecule has 0 aliphatic carbocycles. The van der Waals surface area contributed by atoms with E-state index in [0.717, 1.165) is 0 Å². The molecule has 6 heteroatoms. The van der Waals surface area contributed by atoms with Crippen molar-refractivity contribution in [1.82, 2.24) is 5.32 Å². The predicted octanol–water partition coefficient (Wildman–Crippen LogP) is 1.93. The van der Waals surface area contributed by atoms with Gasteiger partial charge in [0.25, 0.3) is 0 Å². The number of amides is 2. The summed E-state index contributed by atoms with van der Waals surface area (Å²) in [4.78, 5) is 21.8. The van der Waals surface area contributed by atoms with E-state index in [1.165, 1.54) is 6.92 Å². The first-order valence-electron chi connectivity index (χ1n) is 4.55. The van der Waals surface area contributed by atoms with Gasteiger partial charge in [0.1, 0.15) is 6.04 Å². The number of carbonyl (C=O) groups is 2. The summed E-state index contributed by atoms with van der Waals surface area (Å²) in [6.07, 6.45) is 0. The second-order valence-corrected chi connectivity index (χ2v) is 3.60. The molecule has 0 aliphatic rings. The Balaban J connectivity index is 2.52. The molecule has 1 aromatic rings. The lowest BCUT2D eigenvalue weighted by Crippen LogP contribution is -2.40. The summed E-state index contributed by atoms with van der Waals surface area (Å²) in [5.41, 5.74) is 0.541. The van der Waals surface area contributed by atoms with Gasteiger partial charge in [-0.2, -0.15) is 0 Å². The molecular formula is C10H11ClN2O3. The minimum absolute atomic E-state index is 0.541. The molecule has 2 amide bonds. The van der Waals surface area contributed by atoms with E-state index >= 15 is 0 Å². The van der Waals surface area contributed by atoms with Gasteiger partial charge in [0.05, 0.1) is 0 Å². The highest BCUT2D eigenvalue weighted by atomic mass is 35.5. The molecule has 0 aromatic heterocycles. The van der Waals surface area contributed by atoms with Crippen LogP contribution in [0.2, 0.25) is 5.02 Å². The first kappa shape index (κ1) is 12.3. The Bertz CT molecular complexity index is 392. The van der Waals surface area contributed by atoms with Crippen LogP contribution in [-0.4, -0.2) is 23.1 Å². The van der Waals surface area contributed by atoms with Crippen LogP contribution in [0.4, 0.5) is 10.5 Å². The molecule has 0 heterocycles. The molecule has 86 valence electrons. The van der Waals surface area contributed by atoms with Crippen molar-refractivity contribution < 1.29 is 14.7 Å².